The van der Waals surface area contributed by atoms with E-state index in [2.05, 4.69) is 38.4 Å². The Morgan fingerprint density at radius 2 is 1.14 bits per heavy atom. The summed E-state index contributed by atoms with van der Waals surface area (Å²) in [6.07, 6.45) is 0. The summed E-state index contributed by atoms with van der Waals surface area (Å²) in [4.78, 5) is 0. The van der Waals surface area contributed by atoms with E-state index >= 15 is 0 Å². The van der Waals surface area contributed by atoms with E-state index in [-0.39, 0.29) is 0 Å². The fourth-order valence-corrected chi connectivity index (χ4v) is 1.23. The number of rotatable bonds is 2. The fraction of sp³-hybridized carbons (Fsp3) is 0.143. The Kier molecular flexibility index (Phi) is 5.31. The van der Waals surface area contributed by atoms with E-state index in [1.54, 1.807) is 0 Å². The van der Waals surface area contributed by atoms with Crippen molar-refractivity contribution in [1.82, 2.24) is 0 Å². The molecule has 0 unspecified atom stereocenters. The molecule has 0 amide bonds. The molecule has 0 heteroatoms. The lowest BCUT2D eigenvalue weighted by Crippen LogP contribution is -1.86. The Bertz CT molecular complexity index is 299. The van der Waals surface area contributed by atoms with Crippen LogP contribution in [0.1, 0.15) is 25.0 Å². The first-order chi connectivity index (χ1) is 6.63. The Labute approximate surface area is 87.3 Å². The summed E-state index contributed by atoms with van der Waals surface area (Å²) in [5.41, 5.74) is 4.58. The maximum atomic E-state index is 3.93. The summed E-state index contributed by atoms with van der Waals surface area (Å²) >= 11 is 0. The highest BCUT2D eigenvalue weighted by atomic mass is 14.1. The van der Waals surface area contributed by atoms with Crippen LogP contribution in [0.3, 0.4) is 0 Å². The molecule has 0 bridgehead atoms. The molecule has 0 nitrogen and oxygen atoms in total. The quantitative estimate of drug-likeness (QED) is 0.594. The molecule has 0 aliphatic carbocycles. The van der Waals surface area contributed by atoms with Crippen molar-refractivity contribution in [3.05, 3.63) is 61.7 Å². The largest absolute Gasteiger partial charge is 0.106 e. The van der Waals surface area contributed by atoms with Gasteiger partial charge in [-0.15, -0.1) is 13.2 Å². The van der Waals surface area contributed by atoms with Gasteiger partial charge in [-0.05, 0) is 25.0 Å². The second-order valence-electron chi connectivity index (χ2n) is 3.11. The number of hydrogen-bond acceptors (Lipinski definition) is 0. The van der Waals surface area contributed by atoms with Crippen LogP contribution < -0.4 is 0 Å². The molecule has 0 aromatic heterocycles. The molecule has 14 heavy (non-hydrogen) atoms. The van der Waals surface area contributed by atoms with E-state index in [0.29, 0.717) is 0 Å². The van der Waals surface area contributed by atoms with Crippen molar-refractivity contribution in [2.75, 3.05) is 0 Å². The zero-order chi connectivity index (χ0) is 11.1. The molecule has 74 valence electrons. The van der Waals surface area contributed by atoms with Gasteiger partial charge in [-0.25, -0.2) is 0 Å². The smallest absolute Gasteiger partial charge is 0.0158 e. The van der Waals surface area contributed by atoms with Crippen LogP contribution in [-0.4, -0.2) is 0 Å². The van der Waals surface area contributed by atoms with E-state index in [1.165, 1.54) is 11.1 Å². The second kappa shape index (κ2) is 5.98. The topological polar surface area (TPSA) is 0 Å². The van der Waals surface area contributed by atoms with Crippen molar-refractivity contribution < 1.29 is 0 Å². The number of allylic oxidation sites excluding steroid dienone is 2. The average molecular weight is 186 g/mol. The maximum absolute atomic E-state index is 3.93. The van der Waals surface area contributed by atoms with Gasteiger partial charge in [0, 0.05) is 0 Å². The highest BCUT2D eigenvalue weighted by Gasteiger charge is 2.00. The molecule has 0 atom stereocenters. The lowest BCUT2D eigenvalue weighted by molar-refractivity contribution is 1.50. The molecule has 0 saturated heterocycles. The standard InChI is InChI=1S/C12H14.C2H4/c1-9(2)11-7-5-6-8-12(11)10(3)4;1-2/h5-8H,1,3H2,2,4H3;1-2H2. The summed E-state index contributed by atoms with van der Waals surface area (Å²) in [5.74, 6) is 0. The minimum atomic E-state index is 1.09. The van der Waals surface area contributed by atoms with Gasteiger partial charge >= 0.3 is 0 Å². The van der Waals surface area contributed by atoms with Gasteiger partial charge in [0.1, 0.15) is 0 Å². The Hall–Kier alpha value is -1.56. The lowest BCUT2D eigenvalue weighted by Gasteiger charge is -2.07. The van der Waals surface area contributed by atoms with Gasteiger partial charge in [0.2, 0.25) is 0 Å². The van der Waals surface area contributed by atoms with E-state index in [0.717, 1.165) is 11.1 Å². The molecule has 1 rings (SSSR count). The zero-order valence-electron chi connectivity index (χ0n) is 9.14. The van der Waals surface area contributed by atoms with Crippen molar-refractivity contribution in [2.24, 2.45) is 0 Å². The molecule has 1 aromatic carbocycles. The third kappa shape index (κ3) is 3.06. The molecule has 0 heterocycles. The van der Waals surface area contributed by atoms with Crippen LogP contribution in [-0.2, 0) is 0 Å². The molecule has 0 saturated carbocycles. The third-order valence-corrected chi connectivity index (χ3v) is 1.85. The van der Waals surface area contributed by atoms with E-state index < -0.39 is 0 Å². The van der Waals surface area contributed by atoms with E-state index in [1.807, 2.05) is 26.0 Å². The normalized spacial score (nSPS) is 8.43. The monoisotopic (exact) mass is 186 g/mol. The zero-order valence-corrected chi connectivity index (χ0v) is 9.14. The SMILES string of the molecule is C=C.C=C(C)c1ccccc1C(=C)C. The van der Waals surface area contributed by atoms with Crippen LogP contribution in [0, 0.1) is 0 Å². The van der Waals surface area contributed by atoms with Gasteiger partial charge in [0.15, 0.2) is 0 Å². The molecule has 0 N–H and O–H groups in total. The van der Waals surface area contributed by atoms with Crippen LogP contribution in [0.2, 0.25) is 0 Å². The van der Waals surface area contributed by atoms with E-state index in [4.69, 9.17) is 0 Å². The average Bonchev–Trinajstić information content (AvgIpc) is 2.20. The van der Waals surface area contributed by atoms with Gasteiger partial charge < -0.3 is 0 Å². The van der Waals surface area contributed by atoms with Gasteiger partial charge in [-0.1, -0.05) is 48.6 Å². The van der Waals surface area contributed by atoms with Crippen molar-refractivity contribution in [3.8, 4) is 0 Å². The molecule has 0 radical (unpaired) electrons. The summed E-state index contributed by atoms with van der Waals surface area (Å²) in [6, 6.07) is 8.20. The Balaban J connectivity index is 0.000000791. The highest BCUT2D eigenvalue weighted by Crippen LogP contribution is 2.22. The number of hydrogen-bond donors (Lipinski definition) is 0. The fourth-order valence-electron chi connectivity index (χ4n) is 1.23. The summed E-state index contributed by atoms with van der Waals surface area (Å²) in [7, 11) is 0. The van der Waals surface area contributed by atoms with E-state index in [9.17, 15) is 0 Å². The predicted molar refractivity (Wildman–Crippen MR) is 67.1 cm³/mol. The lowest BCUT2D eigenvalue weighted by atomic mass is 9.98. The van der Waals surface area contributed by atoms with Crippen molar-refractivity contribution in [3.63, 3.8) is 0 Å². The maximum Gasteiger partial charge on any atom is -0.0158 e. The van der Waals surface area contributed by atoms with Crippen LogP contribution in [0.5, 0.6) is 0 Å². The molecule has 0 spiro atoms. The van der Waals surface area contributed by atoms with Crippen LogP contribution in [0.25, 0.3) is 11.1 Å². The number of benzene rings is 1. The first kappa shape index (κ1) is 12.4. The van der Waals surface area contributed by atoms with Crippen LogP contribution in [0.15, 0.2) is 50.6 Å². The van der Waals surface area contributed by atoms with Crippen LogP contribution >= 0.6 is 0 Å². The van der Waals surface area contributed by atoms with Gasteiger partial charge in [0.05, 0.1) is 0 Å². The predicted octanol–water partition coefficient (Wildman–Crippen LogP) is 4.56. The van der Waals surface area contributed by atoms with Crippen LogP contribution in [0.4, 0.5) is 0 Å². The molecule has 0 aliphatic rings. The minimum absolute atomic E-state index is 1.09. The van der Waals surface area contributed by atoms with Crippen molar-refractivity contribution >= 4 is 11.1 Å². The van der Waals surface area contributed by atoms with Crippen molar-refractivity contribution in [1.29, 1.82) is 0 Å². The van der Waals surface area contributed by atoms with Gasteiger partial charge in [-0.2, -0.15) is 0 Å². The third-order valence-electron chi connectivity index (χ3n) is 1.85. The molecular weight excluding hydrogens is 168 g/mol. The summed E-state index contributed by atoms with van der Waals surface area (Å²) < 4.78 is 0. The summed E-state index contributed by atoms with van der Waals surface area (Å²) in [6.45, 7) is 17.9. The first-order valence-electron chi connectivity index (χ1n) is 4.53. The van der Waals surface area contributed by atoms with Gasteiger partial charge in [0.25, 0.3) is 0 Å². The Morgan fingerprint density at radius 1 is 0.857 bits per heavy atom. The molecular formula is C14H18. The second-order valence-corrected chi connectivity index (χ2v) is 3.11. The minimum Gasteiger partial charge on any atom is -0.106 e. The first-order valence-corrected chi connectivity index (χ1v) is 4.53. The molecule has 0 aliphatic heterocycles. The van der Waals surface area contributed by atoms with Crippen molar-refractivity contribution in [2.45, 2.75) is 13.8 Å². The molecule has 1 aromatic rings. The van der Waals surface area contributed by atoms with Gasteiger partial charge in [-0.3, -0.25) is 0 Å². The summed E-state index contributed by atoms with van der Waals surface area (Å²) in [5, 5.41) is 0. The molecule has 0 fully saturated rings. The Morgan fingerprint density at radius 3 is 1.36 bits per heavy atom. The highest BCUT2D eigenvalue weighted by molar-refractivity contribution is 5.76.